The molecule has 1 aliphatic rings. The number of hydrogen-bond acceptors (Lipinski definition) is 7. The fourth-order valence-corrected chi connectivity index (χ4v) is 4.23. The molecule has 4 rings (SSSR count). The van der Waals surface area contributed by atoms with Crippen LogP contribution >= 0.6 is 11.8 Å². The number of nitrogens with one attached hydrogen (secondary N) is 1. The summed E-state index contributed by atoms with van der Waals surface area (Å²) in [5, 5.41) is 14.3. The van der Waals surface area contributed by atoms with Crippen molar-refractivity contribution in [1.82, 2.24) is 5.32 Å². The Kier molecular flexibility index (Phi) is 6.60. The number of rotatable bonds is 7. The van der Waals surface area contributed by atoms with Crippen LogP contribution in [0, 0.1) is 10.1 Å². The largest absolute Gasteiger partial charge is 0.457 e. The zero-order chi connectivity index (χ0) is 23.4. The monoisotopic (exact) mass is 462 g/mol. The summed E-state index contributed by atoms with van der Waals surface area (Å²) in [6.07, 6.45) is 1.63. The Hall–Kier alpha value is -3.85. The van der Waals surface area contributed by atoms with Gasteiger partial charge in [0.1, 0.15) is 11.5 Å². The number of benzene rings is 2. The molecule has 1 fully saturated rings. The van der Waals surface area contributed by atoms with E-state index in [1.807, 2.05) is 24.3 Å². The highest BCUT2D eigenvalue weighted by Crippen LogP contribution is 2.31. The Morgan fingerprint density at radius 2 is 1.88 bits per heavy atom. The van der Waals surface area contributed by atoms with Gasteiger partial charge in [0.2, 0.25) is 0 Å². The van der Waals surface area contributed by atoms with Crippen LogP contribution in [0.3, 0.4) is 0 Å². The van der Waals surface area contributed by atoms with E-state index in [9.17, 15) is 14.9 Å². The van der Waals surface area contributed by atoms with Gasteiger partial charge in [-0.15, -0.1) is 0 Å². The van der Waals surface area contributed by atoms with Crippen LogP contribution in [0.5, 0.6) is 0 Å². The van der Waals surface area contributed by atoms with Gasteiger partial charge in [-0.25, -0.2) is 4.99 Å². The van der Waals surface area contributed by atoms with Gasteiger partial charge in [-0.1, -0.05) is 12.1 Å². The standard InChI is InChI=1S/C24H22N4O4S/c1-3-27(4-2)18-10-8-17(9-11-18)25-24-26-23(29)22(33-24)15-20-12-13-21(32-20)16-6-5-7-19(14-16)28(30)31/h5-15H,3-4H2,1-2H3,(H,25,26,29). The van der Waals surface area contributed by atoms with Crippen molar-refractivity contribution < 1.29 is 14.1 Å². The highest BCUT2D eigenvalue weighted by Gasteiger charge is 2.24. The number of nitrogens with zero attached hydrogens (tertiary/aromatic N) is 3. The number of nitro benzene ring substituents is 1. The number of thioether (sulfide) groups is 1. The summed E-state index contributed by atoms with van der Waals surface area (Å²) in [7, 11) is 0. The molecule has 0 bridgehead atoms. The van der Waals surface area contributed by atoms with E-state index in [1.54, 1.807) is 30.3 Å². The van der Waals surface area contributed by atoms with Crippen LogP contribution in [0.15, 0.2) is 75.0 Å². The van der Waals surface area contributed by atoms with Gasteiger partial charge in [0, 0.05) is 42.5 Å². The van der Waals surface area contributed by atoms with E-state index in [4.69, 9.17) is 4.42 Å². The summed E-state index contributed by atoms with van der Waals surface area (Å²) >= 11 is 1.23. The quantitative estimate of drug-likeness (QED) is 0.279. The number of anilines is 1. The molecule has 0 unspecified atom stereocenters. The lowest BCUT2D eigenvalue weighted by Gasteiger charge is -2.20. The Labute approximate surface area is 195 Å². The molecule has 1 aliphatic heterocycles. The Balaban J connectivity index is 1.49. The van der Waals surface area contributed by atoms with Crippen molar-refractivity contribution in [1.29, 1.82) is 0 Å². The van der Waals surface area contributed by atoms with Crippen LogP contribution < -0.4 is 10.2 Å². The molecule has 0 radical (unpaired) electrons. The predicted octanol–water partition coefficient (Wildman–Crippen LogP) is 5.59. The third-order valence-corrected chi connectivity index (χ3v) is 6.01. The maximum absolute atomic E-state index is 12.4. The van der Waals surface area contributed by atoms with E-state index < -0.39 is 4.92 Å². The number of furan rings is 1. The molecule has 3 aromatic rings. The Morgan fingerprint density at radius 3 is 2.58 bits per heavy atom. The molecule has 1 aromatic heterocycles. The number of aliphatic imine (C=N–C) groups is 1. The van der Waals surface area contributed by atoms with E-state index in [2.05, 4.69) is 29.1 Å². The van der Waals surface area contributed by atoms with Crippen molar-refractivity contribution in [2.45, 2.75) is 13.8 Å². The normalized spacial score (nSPS) is 15.8. The molecule has 0 saturated carbocycles. The molecule has 0 aliphatic carbocycles. The first-order valence-corrected chi connectivity index (χ1v) is 11.3. The first kappa shape index (κ1) is 22.3. The highest BCUT2D eigenvalue weighted by atomic mass is 32.2. The Bertz CT molecular complexity index is 1240. The van der Waals surface area contributed by atoms with E-state index in [0.29, 0.717) is 27.2 Å². The van der Waals surface area contributed by atoms with Gasteiger partial charge in [-0.05, 0) is 62.0 Å². The number of hydrogen-bond donors (Lipinski definition) is 1. The SMILES string of the molecule is CCN(CC)c1ccc(N=C2NC(=O)C(=Cc3ccc(-c4cccc([N+](=O)[O-])c4)o3)S2)cc1. The highest BCUT2D eigenvalue weighted by molar-refractivity contribution is 8.18. The minimum absolute atomic E-state index is 0.0134. The number of non-ortho nitro benzene ring substituents is 1. The van der Waals surface area contributed by atoms with Crippen molar-refractivity contribution in [3.63, 3.8) is 0 Å². The molecule has 0 spiro atoms. The number of amidine groups is 1. The third kappa shape index (κ3) is 5.15. The molecule has 1 saturated heterocycles. The summed E-state index contributed by atoms with van der Waals surface area (Å²) < 4.78 is 5.79. The Morgan fingerprint density at radius 1 is 1.12 bits per heavy atom. The van der Waals surface area contributed by atoms with Gasteiger partial charge in [-0.2, -0.15) is 0 Å². The smallest absolute Gasteiger partial charge is 0.270 e. The predicted molar refractivity (Wildman–Crippen MR) is 132 cm³/mol. The van der Waals surface area contributed by atoms with Crippen molar-refractivity contribution >= 4 is 46.0 Å². The first-order chi connectivity index (χ1) is 16.0. The van der Waals surface area contributed by atoms with E-state index >= 15 is 0 Å². The van der Waals surface area contributed by atoms with E-state index in [-0.39, 0.29) is 11.6 Å². The average Bonchev–Trinajstić information content (AvgIpc) is 3.42. The van der Waals surface area contributed by atoms with Crippen LogP contribution in [0.4, 0.5) is 17.1 Å². The van der Waals surface area contributed by atoms with Crippen LogP contribution in [0.2, 0.25) is 0 Å². The molecule has 1 N–H and O–H groups in total. The lowest BCUT2D eigenvalue weighted by Crippen LogP contribution is -2.21. The van der Waals surface area contributed by atoms with Gasteiger partial charge in [0.25, 0.3) is 11.6 Å². The second kappa shape index (κ2) is 9.74. The summed E-state index contributed by atoms with van der Waals surface area (Å²) in [6.45, 7) is 6.09. The molecule has 1 amide bonds. The van der Waals surface area contributed by atoms with Crippen molar-refractivity contribution in [2.24, 2.45) is 4.99 Å². The number of carbonyl (C=O) groups is 1. The molecular formula is C24H22N4O4S. The van der Waals surface area contributed by atoms with Crippen LogP contribution in [-0.4, -0.2) is 29.1 Å². The van der Waals surface area contributed by atoms with Gasteiger partial charge in [0.05, 0.1) is 15.5 Å². The third-order valence-electron chi connectivity index (χ3n) is 5.10. The molecule has 2 aromatic carbocycles. The maximum Gasteiger partial charge on any atom is 0.270 e. The van der Waals surface area contributed by atoms with Crippen LogP contribution in [0.25, 0.3) is 17.4 Å². The number of amides is 1. The van der Waals surface area contributed by atoms with Crippen molar-refractivity contribution in [3.8, 4) is 11.3 Å². The molecule has 0 atom stereocenters. The van der Waals surface area contributed by atoms with Crippen molar-refractivity contribution in [3.05, 3.63) is 81.4 Å². The van der Waals surface area contributed by atoms with Gasteiger partial charge in [-0.3, -0.25) is 14.9 Å². The fraction of sp³-hybridized carbons (Fsp3) is 0.167. The molecule has 168 valence electrons. The number of nitro groups is 1. The van der Waals surface area contributed by atoms with Gasteiger partial charge in [0.15, 0.2) is 5.17 Å². The molecule has 33 heavy (non-hydrogen) atoms. The summed E-state index contributed by atoms with van der Waals surface area (Å²) in [4.78, 5) is 30.2. The summed E-state index contributed by atoms with van der Waals surface area (Å²) in [6, 6.07) is 17.5. The van der Waals surface area contributed by atoms with E-state index in [0.717, 1.165) is 24.5 Å². The number of carbonyl (C=O) groups excluding carboxylic acids is 1. The molecule has 2 heterocycles. The molecular weight excluding hydrogens is 440 g/mol. The minimum atomic E-state index is -0.452. The summed E-state index contributed by atoms with van der Waals surface area (Å²) in [5.41, 5.74) is 2.46. The summed E-state index contributed by atoms with van der Waals surface area (Å²) in [5.74, 6) is 0.696. The average molecular weight is 463 g/mol. The van der Waals surface area contributed by atoms with Crippen molar-refractivity contribution in [2.75, 3.05) is 18.0 Å². The lowest BCUT2D eigenvalue weighted by atomic mass is 10.1. The first-order valence-electron chi connectivity index (χ1n) is 10.5. The van der Waals surface area contributed by atoms with E-state index in [1.165, 1.54) is 23.9 Å². The second-order valence-electron chi connectivity index (χ2n) is 7.18. The molecule has 8 nitrogen and oxygen atoms in total. The lowest BCUT2D eigenvalue weighted by molar-refractivity contribution is -0.384. The molecule has 9 heteroatoms. The van der Waals surface area contributed by atoms with Gasteiger partial charge >= 0.3 is 0 Å². The topological polar surface area (TPSA) is 101 Å². The van der Waals surface area contributed by atoms with Crippen LogP contribution in [0.1, 0.15) is 19.6 Å². The van der Waals surface area contributed by atoms with Crippen LogP contribution in [-0.2, 0) is 4.79 Å². The van der Waals surface area contributed by atoms with Gasteiger partial charge < -0.3 is 14.6 Å². The second-order valence-corrected chi connectivity index (χ2v) is 8.21. The maximum atomic E-state index is 12.4. The zero-order valence-electron chi connectivity index (χ0n) is 18.1. The minimum Gasteiger partial charge on any atom is -0.457 e. The zero-order valence-corrected chi connectivity index (χ0v) is 19.0. The fourth-order valence-electron chi connectivity index (χ4n) is 3.41.